The molecule has 1 aromatic heterocycles. The molecule has 1 aliphatic heterocycles. The monoisotopic (exact) mass is 766 g/mol. The van der Waals surface area contributed by atoms with Gasteiger partial charge >= 0.3 is 19.5 Å². The maximum absolute atomic E-state index is 14.1. The third kappa shape index (κ3) is 9.85. The molecule has 3 aromatic rings. The lowest BCUT2D eigenvalue weighted by molar-refractivity contribution is -0.153. The quantitative estimate of drug-likeness (QED) is 0.109. The van der Waals surface area contributed by atoms with Crippen LogP contribution >= 0.6 is 7.87 Å². The maximum atomic E-state index is 14.1. The second kappa shape index (κ2) is 17.6. The topological polar surface area (TPSA) is 165 Å². The van der Waals surface area contributed by atoms with Crippen LogP contribution in [-0.2, 0) is 24.1 Å². The Kier molecular flexibility index (Phi) is 13.9. The summed E-state index contributed by atoms with van der Waals surface area (Å²) in [5, 5.41) is 10.9. The van der Waals surface area contributed by atoms with Gasteiger partial charge in [-0.2, -0.15) is 14.8 Å². The van der Waals surface area contributed by atoms with Gasteiger partial charge in [-0.25, -0.2) is 14.5 Å². The van der Waals surface area contributed by atoms with E-state index in [0.717, 1.165) is 0 Å². The van der Waals surface area contributed by atoms with Crippen molar-refractivity contribution in [3.8, 4) is 6.07 Å². The highest BCUT2D eigenvalue weighted by molar-refractivity contribution is 7.63. The van der Waals surface area contributed by atoms with Crippen LogP contribution in [0.3, 0.4) is 0 Å². The van der Waals surface area contributed by atoms with Crippen molar-refractivity contribution in [3.05, 3.63) is 94.5 Å². The SMILES string of the molecule is CC(C)N(C(C)C)[P+](O)(CCC#N)O[C@H]1[C@@H](OC(C)(C)C)[C@@](n2ccc(NC(=O)c3ccccc3)nc2=O)([SiH](C)C)O[C@@H]1COC(=O)c1ccccc1. The first-order valence-electron chi connectivity index (χ1n) is 17.9. The van der Waals surface area contributed by atoms with Gasteiger partial charge in [0.2, 0.25) is 0 Å². The Hall–Kier alpha value is -3.80. The molecule has 1 amide bonds. The fourth-order valence-electron chi connectivity index (χ4n) is 6.79. The number of esters is 1. The number of amides is 1. The molecule has 13 nitrogen and oxygen atoms in total. The number of anilines is 1. The minimum atomic E-state index is -3.57. The number of ether oxygens (including phenoxy) is 3. The Morgan fingerprint density at radius 3 is 2.15 bits per heavy atom. The Balaban J connectivity index is 1.87. The first-order chi connectivity index (χ1) is 24.9. The van der Waals surface area contributed by atoms with E-state index in [9.17, 15) is 24.5 Å². The van der Waals surface area contributed by atoms with Gasteiger partial charge in [-0.3, -0.25) is 9.36 Å². The predicted molar refractivity (Wildman–Crippen MR) is 207 cm³/mol. The van der Waals surface area contributed by atoms with E-state index in [1.54, 1.807) is 60.7 Å². The summed E-state index contributed by atoms with van der Waals surface area (Å²) in [6.07, 6.45) is -1.54. The van der Waals surface area contributed by atoms with Crippen molar-refractivity contribution < 1.29 is 33.2 Å². The van der Waals surface area contributed by atoms with Crippen LogP contribution in [0.5, 0.6) is 0 Å². The minimum Gasteiger partial charge on any atom is -0.459 e. The smallest absolute Gasteiger partial charge is 0.351 e. The van der Waals surface area contributed by atoms with Gasteiger partial charge in [-0.1, -0.05) is 49.5 Å². The molecule has 4 rings (SSSR count). The van der Waals surface area contributed by atoms with Crippen molar-refractivity contribution in [3.63, 3.8) is 0 Å². The van der Waals surface area contributed by atoms with Crippen molar-refractivity contribution in [2.45, 2.75) is 109 Å². The zero-order chi connectivity index (χ0) is 39.1. The van der Waals surface area contributed by atoms with Crippen LogP contribution in [0.15, 0.2) is 77.7 Å². The third-order valence-electron chi connectivity index (χ3n) is 8.79. The molecule has 1 saturated heterocycles. The molecule has 1 unspecified atom stereocenters. The third-order valence-corrected chi connectivity index (χ3v) is 14.2. The number of carbonyl (C=O) groups is 2. The van der Waals surface area contributed by atoms with Crippen molar-refractivity contribution in [1.29, 1.82) is 5.26 Å². The number of hydrogen-bond acceptors (Lipinski definition) is 11. The number of aromatic nitrogens is 2. The Labute approximate surface area is 314 Å². The molecular weight excluding hydrogens is 714 g/mol. The normalized spacial score (nSPS) is 21.5. The Morgan fingerprint density at radius 2 is 1.64 bits per heavy atom. The van der Waals surface area contributed by atoms with E-state index >= 15 is 0 Å². The fraction of sp³-hybridized carbons (Fsp3) is 0.500. The predicted octanol–water partition coefficient (Wildman–Crippen LogP) is 5.79. The molecular formula is C38H53N5O8PSi+. The first kappa shape index (κ1) is 41.9. The van der Waals surface area contributed by atoms with Crippen LogP contribution < -0.4 is 11.0 Å². The number of hydrogen-bond donors (Lipinski definition) is 2. The average Bonchev–Trinajstić information content (AvgIpc) is 3.38. The fourth-order valence-corrected chi connectivity index (χ4v) is 11.8. The number of carbonyl (C=O) groups excluding carboxylic acids is 2. The minimum absolute atomic E-state index is 0.0237. The zero-order valence-electron chi connectivity index (χ0n) is 32.1. The van der Waals surface area contributed by atoms with Crippen molar-refractivity contribution in [2.75, 3.05) is 18.1 Å². The molecule has 1 aliphatic rings. The van der Waals surface area contributed by atoms with E-state index < -0.39 is 63.5 Å². The second-order valence-electron chi connectivity index (χ2n) is 14.9. The summed E-state index contributed by atoms with van der Waals surface area (Å²) in [5.74, 6) is -0.962. The summed E-state index contributed by atoms with van der Waals surface area (Å²) in [4.78, 5) is 57.1. The lowest BCUT2D eigenvalue weighted by Gasteiger charge is -2.42. The summed E-state index contributed by atoms with van der Waals surface area (Å²) in [6, 6.07) is 20.5. The average molecular weight is 767 g/mol. The van der Waals surface area contributed by atoms with E-state index in [1.807, 2.05) is 66.2 Å². The zero-order valence-corrected chi connectivity index (χ0v) is 34.1. The van der Waals surface area contributed by atoms with Crippen LogP contribution in [0.1, 0.15) is 75.6 Å². The number of nitrogens with one attached hydrogen (secondary N) is 1. The van der Waals surface area contributed by atoms with E-state index in [4.69, 9.17) is 18.7 Å². The standard InChI is InChI=1S/C38H52N5O8PSi/c1-26(2)43(27(3)4)52(47,24-16-22-39)51-32-30(25-48-35(45)29-19-14-11-15-20-29)49-38(53(8)9,33(32)50-37(5,6)7)42-23-21-31(41-36(42)46)40-34(44)28-17-12-10-13-18-28/h10-15,17-21,23,26-27,30,32-33,47,53H,16,24-25H2,1-9H3/p+1/t30-,32-,33-,38+,52?/m1/s1. The maximum Gasteiger partial charge on any atom is 0.351 e. The summed E-state index contributed by atoms with van der Waals surface area (Å²) in [6.45, 7) is 17.1. The van der Waals surface area contributed by atoms with Crippen LogP contribution in [0.2, 0.25) is 13.1 Å². The van der Waals surface area contributed by atoms with Crippen molar-refractivity contribution in [1.82, 2.24) is 14.2 Å². The van der Waals surface area contributed by atoms with Crippen molar-refractivity contribution >= 4 is 34.4 Å². The molecule has 1 fully saturated rings. The molecule has 0 bridgehead atoms. The molecule has 0 saturated carbocycles. The summed E-state index contributed by atoms with van der Waals surface area (Å²) >= 11 is 0. The summed E-state index contributed by atoms with van der Waals surface area (Å²) in [7, 11) is -5.83. The van der Waals surface area contributed by atoms with Gasteiger partial charge in [0.25, 0.3) is 5.91 Å². The molecule has 53 heavy (non-hydrogen) atoms. The van der Waals surface area contributed by atoms with Gasteiger partial charge in [0.05, 0.1) is 32.5 Å². The van der Waals surface area contributed by atoms with Crippen LogP contribution in [0.4, 0.5) is 5.82 Å². The van der Waals surface area contributed by atoms with E-state index in [2.05, 4.69) is 16.4 Å². The number of rotatable bonds is 15. The van der Waals surface area contributed by atoms with Gasteiger partial charge in [0.15, 0.2) is 11.5 Å². The van der Waals surface area contributed by atoms with Crippen LogP contribution in [0.25, 0.3) is 0 Å². The van der Waals surface area contributed by atoms with Crippen LogP contribution in [-0.4, -0.2) is 88.6 Å². The summed E-state index contributed by atoms with van der Waals surface area (Å²) in [5.41, 5.74) is -0.772. The highest BCUT2D eigenvalue weighted by Gasteiger charge is 2.65. The first-order valence-corrected chi connectivity index (χ1v) is 22.6. The molecule has 286 valence electrons. The van der Waals surface area contributed by atoms with Gasteiger partial charge in [0, 0.05) is 23.8 Å². The van der Waals surface area contributed by atoms with Crippen LogP contribution in [0, 0.1) is 11.3 Å². The second-order valence-corrected chi connectivity index (χ2v) is 20.5. The molecule has 2 heterocycles. The highest BCUT2D eigenvalue weighted by Crippen LogP contribution is 2.64. The highest BCUT2D eigenvalue weighted by atomic mass is 31.2. The molecule has 2 aromatic carbocycles. The lowest BCUT2D eigenvalue weighted by atomic mass is 10.1. The Bertz CT molecular complexity index is 1790. The number of nitrogens with zero attached hydrogens (tertiary/aromatic N) is 4. The Morgan fingerprint density at radius 1 is 1.06 bits per heavy atom. The molecule has 5 atom stereocenters. The molecule has 0 radical (unpaired) electrons. The van der Waals surface area contributed by atoms with Gasteiger partial charge in [-0.15, -0.1) is 4.67 Å². The van der Waals surface area contributed by atoms with Gasteiger partial charge in [-0.05, 0) is 78.8 Å². The van der Waals surface area contributed by atoms with E-state index in [0.29, 0.717) is 11.1 Å². The molecule has 2 N–H and O–H groups in total. The molecule has 0 aliphatic carbocycles. The van der Waals surface area contributed by atoms with E-state index in [-0.39, 0.29) is 37.1 Å². The van der Waals surface area contributed by atoms with Gasteiger partial charge in [0.1, 0.15) is 30.8 Å². The number of benzene rings is 2. The molecule has 15 heteroatoms. The van der Waals surface area contributed by atoms with E-state index in [1.165, 1.54) is 16.8 Å². The summed E-state index contributed by atoms with van der Waals surface area (Å²) < 4.78 is 29.8. The largest absolute Gasteiger partial charge is 0.459 e. The molecule has 0 spiro atoms. The lowest BCUT2D eigenvalue weighted by Crippen LogP contribution is -2.60. The van der Waals surface area contributed by atoms with Gasteiger partial charge < -0.3 is 19.5 Å². The van der Waals surface area contributed by atoms with Crippen molar-refractivity contribution in [2.24, 2.45) is 0 Å². The number of nitriles is 1.